The van der Waals surface area contributed by atoms with Crippen LogP contribution in [0.1, 0.15) is 25.5 Å². The van der Waals surface area contributed by atoms with Crippen LogP contribution in [-0.2, 0) is 0 Å². The second-order valence-electron chi connectivity index (χ2n) is 6.36. The number of hydrogen-bond donors (Lipinski definition) is 1. The first-order chi connectivity index (χ1) is 10.1. The third-order valence-corrected chi connectivity index (χ3v) is 4.16. The van der Waals surface area contributed by atoms with Gasteiger partial charge in [-0.1, -0.05) is 32.0 Å². The van der Waals surface area contributed by atoms with E-state index in [2.05, 4.69) is 29.0 Å². The molecule has 1 fully saturated rings. The molecule has 0 aliphatic carbocycles. The molecule has 118 valence electrons. The first-order valence-corrected chi connectivity index (χ1v) is 7.96. The number of rotatable bonds is 6. The van der Waals surface area contributed by atoms with Crippen molar-refractivity contribution < 1.29 is 4.39 Å². The Morgan fingerprint density at radius 1 is 1.05 bits per heavy atom. The molecule has 1 heterocycles. The zero-order valence-corrected chi connectivity index (χ0v) is 13.5. The van der Waals surface area contributed by atoms with Crippen molar-refractivity contribution in [1.29, 1.82) is 0 Å². The molecular weight excluding hydrogens is 265 g/mol. The smallest absolute Gasteiger partial charge is 0.128 e. The molecule has 0 amide bonds. The van der Waals surface area contributed by atoms with Gasteiger partial charge in [0.15, 0.2) is 0 Å². The van der Waals surface area contributed by atoms with Crippen LogP contribution < -0.4 is 5.32 Å². The zero-order valence-electron chi connectivity index (χ0n) is 13.5. The van der Waals surface area contributed by atoms with Gasteiger partial charge in [-0.2, -0.15) is 0 Å². The van der Waals surface area contributed by atoms with Crippen LogP contribution in [0.15, 0.2) is 24.3 Å². The lowest BCUT2D eigenvalue weighted by Crippen LogP contribution is -2.49. The summed E-state index contributed by atoms with van der Waals surface area (Å²) < 4.78 is 13.9. The summed E-state index contributed by atoms with van der Waals surface area (Å²) in [7, 11) is 1.91. The van der Waals surface area contributed by atoms with E-state index in [0.29, 0.717) is 0 Å². The predicted octanol–water partition coefficient (Wildman–Crippen LogP) is 2.36. The summed E-state index contributed by atoms with van der Waals surface area (Å²) in [6, 6.07) is 7.13. The SMILES string of the molecule is CNC(CN1CCN(CC(C)C)CC1)c1ccccc1F. The van der Waals surface area contributed by atoms with Gasteiger partial charge >= 0.3 is 0 Å². The normalized spacial score (nSPS) is 19.1. The summed E-state index contributed by atoms with van der Waals surface area (Å²) in [5.74, 6) is 0.607. The lowest BCUT2D eigenvalue weighted by atomic mass is 10.1. The van der Waals surface area contributed by atoms with Crippen LogP contribution in [0, 0.1) is 11.7 Å². The van der Waals surface area contributed by atoms with E-state index in [4.69, 9.17) is 0 Å². The van der Waals surface area contributed by atoms with Crippen molar-refractivity contribution in [2.45, 2.75) is 19.9 Å². The van der Waals surface area contributed by atoms with E-state index in [1.807, 2.05) is 19.2 Å². The fraction of sp³-hybridized carbons (Fsp3) is 0.647. The van der Waals surface area contributed by atoms with E-state index in [0.717, 1.165) is 44.2 Å². The van der Waals surface area contributed by atoms with Gasteiger partial charge in [0.25, 0.3) is 0 Å². The van der Waals surface area contributed by atoms with Crippen molar-refractivity contribution in [2.75, 3.05) is 46.3 Å². The molecule has 0 radical (unpaired) electrons. The molecule has 3 nitrogen and oxygen atoms in total. The minimum atomic E-state index is -0.115. The molecule has 1 aromatic carbocycles. The second-order valence-corrected chi connectivity index (χ2v) is 6.36. The molecule has 1 atom stereocenters. The summed E-state index contributed by atoms with van der Waals surface area (Å²) in [4.78, 5) is 4.96. The van der Waals surface area contributed by atoms with E-state index < -0.39 is 0 Å². The molecule has 1 saturated heterocycles. The Morgan fingerprint density at radius 2 is 1.62 bits per heavy atom. The van der Waals surface area contributed by atoms with Gasteiger partial charge in [0, 0.05) is 50.9 Å². The fourth-order valence-electron chi connectivity index (χ4n) is 3.03. The average molecular weight is 293 g/mol. The molecule has 21 heavy (non-hydrogen) atoms. The first kappa shape index (κ1) is 16.4. The molecule has 0 saturated carbocycles. The Morgan fingerprint density at radius 3 is 2.14 bits per heavy atom. The van der Waals surface area contributed by atoms with Crippen molar-refractivity contribution >= 4 is 0 Å². The topological polar surface area (TPSA) is 18.5 Å². The van der Waals surface area contributed by atoms with Crippen LogP contribution in [0.4, 0.5) is 4.39 Å². The highest BCUT2D eigenvalue weighted by atomic mass is 19.1. The number of benzene rings is 1. The molecular formula is C17H28FN3. The maximum absolute atomic E-state index is 13.9. The molecule has 1 aromatic rings. The van der Waals surface area contributed by atoms with E-state index in [1.54, 1.807) is 12.1 Å². The molecule has 1 unspecified atom stereocenters. The van der Waals surface area contributed by atoms with Crippen molar-refractivity contribution in [3.05, 3.63) is 35.6 Å². The second kappa shape index (κ2) is 7.87. The average Bonchev–Trinajstić information content (AvgIpc) is 2.47. The predicted molar refractivity (Wildman–Crippen MR) is 85.9 cm³/mol. The monoisotopic (exact) mass is 293 g/mol. The molecule has 4 heteroatoms. The van der Waals surface area contributed by atoms with Crippen molar-refractivity contribution in [2.24, 2.45) is 5.92 Å². The highest BCUT2D eigenvalue weighted by Gasteiger charge is 2.21. The van der Waals surface area contributed by atoms with E-state index >= 15 is 0 Å². The minimum Gasteiger partial charge on any atom is -0.312 e. The molecule has 1 N–H and O–H groups in total. The van der Waals surface area contributed by atoms with Crippen LogP contribution in [0.5, 0.6) is 0 Å². The number of likely N-dealkylation sites (N-methyl/N-ethyl adjacent to an activating group) is 1. The molecule has 0 aromatic heterocycles. The lowest BCUT2D eigenvalue weighted by molar-refractivity contribution is 0.114. The fourth-order valence-corrected chi connectivity index (χ4v) is 3.03. The standard InChI is InChI=1S/C17H28FN3/c1-14(2)12-20-8-10-21(11-9-20)13-17(19-3)15-6-4-5-7-16(15)18/h4-7,14,17,19H,8-13H2,1-3H3. The number of hydrogen-bond acceptors (Lipinski definition) is 3. The summed E-state index contributed by atoms with van der Waals surface area (Å²) in [6.45, 7) is 10.9. The molecule has 0 spiro atoms. The first-order valence-electron chi connectivity index (χ1n) is 7.96. The van der Waals surface area contributed by atoms with E-state index in [1.165, 1.54) is 6.54 Å². The maximum Gasteiger partial charge on any atom is 0.128 e. The van der Waals surface area contributed by atoms with Gasteiger partial charge in [0.05, 0.1) is 0 Å². The van der Waals surface area contributed by atoms with Crippen molar-refractivity contribution in [3.63, 3.8) is 0 Å². The van der Waals surface area contributed by atoms with Gasteiger partial charge in [0.1, 0.15) is 5.82 Å². The van der Waals surface area contributed by atoms with Crippen LogP contribution in [0.2, 0.25) is 0 Å². The van der Waals surface area contributed by atoms with Crippen molar-refractivity contribution in [3.8, 4) is 0 Å². The Hall–Kier alpha value is -0.970. The summed E-state index contributed by atoms with van der Waals surface area (Å²) in [6.07, 6.45) is 0. The maximum atomic E-state index is 13.9. The van der Waals surface area contributed by atoms with Gasteiger partial charge in [-0.25, -0.2) is 4.39 Å². The van der Waals surface area contributed by atoms with Crippen molar-refractivity contribution in [1.82, 2.24) is 15.1 Å². The highest BCUT2D eigenvalue weighted by Crippen LogP contribution is 2.18. The minimum absolute atomic E-state index is 0.0582. The van der Waals surface area contributed by atoms with Crippen LogP contribution in [-0.4, -0.2) is 56.1 Å². The van der Waals surface area contributed by atoms with Gasteiger partial charge in [0.2, 0.25) is 0 Å². The Balaban J connectivity index is 1.88. The Labute approximate surface area is 128 Å². The number of halogens is 1. The molecule has 1 aliphatic heterocycles. The van der Waals surface area contributed by atoms with Gasteiger partial charge in [-0.3, -0.25) is 4.90 Å². The molecule has 0 bridgehead atoms. The van der Waals surface area contributed by atoms with E-state index in [9.17, 15) is 4.39 Å². The molecule has 1 aliphatic rings. The van der Waals surface area contributed by atoms with Gasteiger partial charge in [-0.15, -0.1) is 0 Å². The third-order valence-electron chi connectivity index (χ3n) is 4.16. The Kier molecular flexibility index (Phi) is 6.15. The highest BCUT2D eigenvalue weighted by molar-refractivity contribution is 5.21. The third kappa shape index (κ3) is 4.77. The van der Waals surface area contributed by atoms with Crippen LogP contribution in [0.3, 0.4) is 0 Å². The largest absolute Gasteiger partial charge is 0.312 e. The van der Waals surface area contributed by atoms with Gasteiger partial charge < -0.3 is 10.2 Å². The summed E-state index contributed by atoms with van der Waals surface area (Å²) >= 11 is 0. The number of piperazine rings is 1. The van der Waals surface area contributed by atoms with E-state index in [-0.39, 0.29) is 11.9 Å². The zero-order chi connectivity index (χ0) is 15.2. The van der Waals surface area contributed by atoms with Gasteiger partial charge in [-0.05, 0) is 19.0 Å². The quantitative estimate of drug-likeness (QED) is 0.868. The Bertz CT molecular complexity index is 428. The number of nitrogens with one attached hydrogen (secondary N) is 1. The summed E-state index contributed by atoms with van der Waals surface area (Å²) in [5, 5.41) is 3.25. The summed E-state index contributed by atoms with van der Waals surface area (Å²) in [5.41, 5.74) is 0.768. The van der Waals surface area contributed by atoms with Crippen LogP contribution in [0.25, 0.3) is 0 Å². The number of nitrogens with zero attached hydrogens (tertiary/aromatic N) is 2. The molecule has 2 rings (SSSR count). The van der Waals surface area contributed by atoms with Crippen LogP contribution >= 0.6 is 0 Å². The lowest BCUT2D eigenvalue weighted by Gasteiger charge is -2.37.